The van der Waals surface area contributed by atoms with Crippen molar-refractivity contribution < 1.29 is 19.4 Å². The number of hydrogen-bond donors (Lipinski definition) is 1. The topological polar surface area (TPSA) is 86.2 Å². The highest BCUT2D eigenvalue weighted by Crippen LogP contribution is 2.47. The van der Waals surface area contributed by atoms with Crippen LogP contribution in [0.2, 0.25) is 0 Å². The van der Waals surface area contributed by atoms with Gasteiger partial charge in [0.15, 0.2) is 0 Å². The monoisotopic (exact) mass is 462 g/mol. The number of cyclic esters (lactones) is 1. The van der Waals surface area contributed by atoms with Crippen molar-refractivity contribution in [2.75, 3.05) is 49.2 Å². The lowest BCUT2D eigenvalue weighted by molar-refractivity contribution is 0.0746. The maximum Gasteiger partial charge on any atom is 0.414 e. The van der Waals surface area contributed by atoms with Crippen molar-refractivity contribution in [2.24, 2.45) is 0 Å². The molecule has 3 heterocycles. The van der Waals surface area contributed by atoms with Gasteiger partial charge in [-0.2, -0.15) is 0 Å². The number of rotatable bonds is 6. The molecule has 2 aromatic rings. The molecule has 1 aromatic heterocycles. The van der Waals surface area contributed by atoms with Crippen LogP contribution in [0.3, 0.4) is 0 Å². The minimum absolute atomic E-state index is 0.00614. The molecule has 2 aliphatic carbocycles. The van der Waals surface area contributed by atoms with Gasteiger partial charge in [0.2, 0.25) is 0 Å². The molecule has 34 heavy (non-hydrogen) atoms. The van der Waals surface area contributed by atoms with Gasteiger partial charge in [-0.1, -0.05) is 6.07 Å². The van der Waals surface area contributed by atoms with Crippen LogP contribution in [0.1, 0.15) is 59.0 Å². The zero-order chi connectivity index (χ0) is 23.2. The number of nitrogens with zero attached hydrogens (tertiary/aromatic N) is 4. The Hall–Kier alpha value is -3.13. The predicted octanol–water partition coefficient (Wildman–Crippen LogP) is 3.12. The zero-order valence-electron chi connectivity index (χ0n) is 19.2. The molecule has 4 fully saturated rings. The van der Waals surface area contributed by atoms with Gasteiger partial charge in [0, 0.05) is 43.6 Å². The lowest BCUT2D eigenvalue weighted by atomic mass is 10.1. The van der Waals surface area contributed by atoms with E-state index in [1.165, 1.54) is 41.7 Å². The van der Waals surface area contributed by atoms with Crippen LogP contribution in [0.4, 0.5) is 16.3 Å². The third kappa shape index (κ3) is 4.00. The van der Waals surface area contributed by atoms with Gasteiger partial charge in [0.1, 0.15) is 12.4 Å². The van der Waals surface area contributed by atoms with Gasteiger partial charge in [-0.15, -0.1) is 0 Å². The van der Waals surface area contributed by atoms with Crippen LogP contribution >= 0.6 is 0 Å². The van der Waals surface area contributed by atoms with Crippen molar-refractivity contribution in [3.8, 4) is 0 Å². The summed E-state index contributed by atoms with van der Waals surface area (Å²) in [4.78, 5) is 35.7. The summed E-state index contributed by atoms with van der Waals surface area (Å²) in [7, 11) is 0. The van der Waals surface area contributed by atoms with Crippen LogP contribution in [0.15, 0.2) is 36.5 Å². The summed E-state index contributed by atoms with van der Waals surface area (Å²) in [5, 5.41) is 9.48. The summed E-state index contributed by atoms with van der Waals surface area (Å²) in [5.41, 5.74) is 4.02. The number of amides is 2. The Balaban J connectivity index is 1.11. The smallest absolute Gasteiger partial charge is 0.414 e. The normalized spacial score (nSPS) is 22.8. The molecule has 0 radical (unpaired) electrons. The van der Waals surface area contributed by atoms with Crippen molar-refractivity contribution >= 4 is 23.5 Å². The molecule has 2 amide bonds. The highest BCUT2D eigenvalue weighted by molar-refractivity contribution is 5.96. The zero-order valence-corrected chi connectivity index (χ0v) is 19.2. The van der Waals surface area contributed by atoms with E-state index in [-0.39, 0.29) is 19.1 Å². The minimum atomic E-state index is -0.474. The molecule has 2 saturated heterocycles. The standard InChI is InChI=1S/C26H30N4O4/c31-15-22-16-34-26(33)30(22)21-7-5-19(6-8-21)25(32)29-11-9-28(10-12-29)24-23(18-3-4-18)13-20(14-27-24)17-1-2-17/h5-8,13-14,17-18,22,31H,1-4,9-12,15-16H2. The summed E-state index contributed by atoms with van der Waals surface area (Å²) in [5.74, 6) is 2.47. The molecule has 0 spiro atoms. The Morgan fingerprint density at radius 3 is 2.38 bits per heavy atom. The Morgan fingerprint density at radius 2 is 1.74 bits per heavy atom. The second kappa shape index (κ2) is 8.58. The Labute approximate surface area is 199 Å². The van der Waals surface area contributed by atoms with Gasteiger partial charge in [0.25, 0.3) is 5.91 Å². The first-order valence-electron chi connectivity index (χ1n) is 12.3. The number of anilines is 2. The van der Waals surface area contributed by atoms with Gasteiger partial charge in [0.05, 0.1) is 12.6 Å². The molecule has 1 unspecified atom stereocenters. The molecule has 4 aliphatic rings. The van der Waals surface area contributed by atoms with Crippen LogP contribution in [-0.4, -0.2) is 72.4 Å². The lowest BCUT2D eigenvalue weighted by Gasteiger charge is -2.36. The lowest BCUT2D eigenvalue weighted by Crippen LogP contribution is -2.49. The number of hydrogen-bond acceptors (Lipinski definition) is 6. The van der Waals surface area contributed by atoms with Crippen molar-refractivity contribution in [1.82, 2.24) is 9.88 Å². The van der Waals surface area contributed by atoms with E-state index in [2.05, 4.69) is 17.2 Å². The van der Waals surface area contributed by atoms with E-state index in [0.717, 1.165) is 18.9 Å². The maximum absolute atomic E-state index is 13.1. The number of benzene rings is 1. The fourth-order valence-corrected chi connectivity index (χ4v) is 5.07. The van der Waals surface area contributed by atoms with E-state index in [0.29, 0.717) is 36.2 Å². The molecular formula is C26H30N4O4. The largest absolute Gasteiger partial charge is 0.447 e. The third-order valence-electron chi connectivity index (χ3n) is 7.41. The highest BCUT2D eigenvalue weighted by atomic mass is 16.6. The minimum Gasteiger partial charge on any atom is -0.447 e. The van der Waals surface area contributed by atoms with Gasteiger partial charge in [-0.05, 0) is 72.9 Å². The van der Waals surface area contributed by atoms with E-state index < -0.39 is 12.1 Å². The highest BCUT2D eigenvalue weighted by Gasteiger charge is 2.35. The molecule has 1 atom stereocenters. The van der Waals surface area contributed by atoms with Crippen molar-refractivity contribution in [3.05, 3.63) is 53.2 Å². The first-order chi connectivity index (χ1) is 16.6. The van der Waals surface area contributed by atoms with Crippen molar-refractivity contribution in [1.29, 1.82) is 0 Å². The molecule has 178 valence electrons. The van der Waals surface area contributed by atoms with E-state index >= 15 is 0 Å². The van der Waals surface area contributed by atoms with E-state index in [1.807, 2.05) is 4.90 Å². The summed E-state index contributed by atoms with van der Waals surface area (Å²) in [6.07, 6.45) is 6.68. The number of pyridine rings is 1. The summed E-state index contributed by atoms with van der Waals surface area (Å²) in [6, 6.07) is 8.97. The number of carbonyl (C=O) groups is 2. The number of aliphatic hydroxyl groups excluding tert-OH is 1. The van der Waals surface area contributed by atoms with Gasteiger partial charge >= 0.3 is 6.09 Å². The summed E-state index contributed by atoms with van der Waals surface area (Å²) in [6.45, 7) is 2.86. The Morgan fingerprint density at radius 1 is 1.03 bits per heavy atom. The van der Waals surface area contributed by atoms with Crippen LogP contribution in [0, 0.1) is 0 Å². The number of aliphatic hydroxyl groups is 1. The Kier molecular flexibility index (Phi) is 5.40. The van der Waals surface area contributed by atoms with E-state index in [4.69, 9.17) is 9.72 Å². The van der Waals surface area contributed by atoms with Crippen molar-refractivity contribution in [2.45, 2.75) is 43.6 Å². The summed E-state index contributed by atoms with van der Waals surface area (Å²) >= 11 is 0. The predicted molar refractivity (Wildman–Crippen MR) is 127 cm³/mol. The molecule has 6 rings (SSSR count). The second-order valence-corrected chi connectivity index (χ2v) is 9.84. The number of carbonyl (C=O) groups excluding carboxylic acids is 2. The number of ether oxygens (including phenoxy) is 1. The summed E-state index contributed by atoms with van der Waals surface area (Å²) < 4.78 is 5.03. The van der Waals surface area contributed by atoms with Gasteiger partial charge < -0.3 is 19.6 Å². The van der Waals surface area contributed by atoms with Gasteiger partial charge in [-0.3, -0.25) is 9.69 Å². The molecule has 1 N–H and O–H groups in total. The quantitative estimate of drug-likeness (QED) is 0.710. The average Bonchev–Trinajstić information content (AvgIpc) is 3.81. The van der Waals surface area contributed by atoms with Crippen LogP contribution < -0.4 is 9.80 Å². The number of aromatic nitrogens is 1. The van der Waals surface area contributed by atoms with E-state index in [9.17, 15) is 14.7 Å². The molecular weight excluding hydrogens is 432 g/mol. The van der Waals surface area contributed by atoms with Crippen LogP contribution in [-0.2, 0) is 4.74 Å². The second-order valence-electron chi connectivity index (χ2n) is 9.84. The molecule has 8 heteroatoms. The van der Waals surface area contributed by atoms with Crippen LogP contribution in [0.5, 0.6) is 0 Å². The first-order valence-corrected chi connectivity index (χ1v) is 12.3. The average molecular weight is 463 g/mol. The van der Waals surface area contributed by atoms with Crippen LogP contribution in [0.25, 0.3) is 0 Å². The fraction of sp³-hybridized carbons (Fsp3) is 0.500. The first kappa shape index (κ1) is 21.4. The van der Waals surface area contributed by atoms with Crippen molar-refractivity contribution in [3.63, 3.8) is 0 Å². The molecule has 2 saturated carbocycles. The number of piperazine rings is 1. The maximum atomic E-state index is 13.1. The third-order valence-corrected chi connectivity index (χ3v) is 7.41. The SMILES string of the molecule is O=C(c1ccc(N2C(=O)OCC2CO)cc1)N1CCN(c2ncc(C3CC3)cc2C2CC2)CC1. The molecule has 2 aliphatic heterocycles. The Bertz CT molecular complexity index is 1090. The molecule has 8 nitrogen and oxygen atoms in total. The molecule has 0 bridgehead atoms. The van der Waals surface area contributed by atoms with E-state index in [1.54, 1.807) is 24.3 Å². The fourth-order valence-electron chi connectivity index (χ4n) is 5.07. The van der Waals surface area contributed by atoms with Gasteiger partial charge in [-0.25, -0.2) is 9.78 Å². The molecule has 1 aromatic carbocycles.